The van der Waals surface area contributed by atoms with Crippen molar-refractivity contribution in [2.24, 2.45) is 0 Å². The second-order valence-electron chi connectivity index (χ2n) is 1.07. The van der Waals surface area contributed by atoms with E-state index in [1.54, 1.807) is 0 Å². The van der Waals surface area contributed by atoms with E-state index in [-0.39, 0.29) is 0 Å². The van der Waals surface area contributed by atoms with Gasteiger partial charge in [0.25, 0.3) is 3.12 Å². The van der Waals surface area contributed by atoms with E-state index in [1.807, 2.05) is 0 Å². The molecule has 5 heteroatoms. The molecule has 0 aliphatic heterocycles. The van der Waals surface area contributed by atoms with Gasteiger partial charge in [0, 0.05) is 5.41 Å². The summed E-state index contributed by atoms with van der Waals surface area (Å²) < 4.78 is 8.86. The summed E-state index contributed by atoms with van der Waals surface area (Å²) in [5, 5.41) is 1.09. The molecule has 0 aromatic heterocycles. The van der Waals surface area contributed by atoms with Crippen LogP contribution in [0.3, 0.4) is 0 Å². The maximum atomic E-state index is 10.6. The molecule has 0 N–H and O–H groups in total. The van der Waals surface area contributed by atoms with Crippen LogP contribution >= 0.6 is 34.8 Å². The Hall–Kier alpha value is 0.540. The summed E-state index contributed by atoms with van der Waals surface area (Å²) in [7, 11) is -1.64. The molecule has 0 heterocycles. The Labute approximate surface area is 70.7 Å². The fourth-order valence-corrected chi connectivity index (χ4v) is 0.828. The zero-order valence-corrected chi connectivity index (χ0v) is 7.32. The van der Waals surface area contributed by atoms with Gasteiger partial charge in [-0.1, -0.05) is 41.4 Å². The van der Waals surface area contributed by atoms with Crippen LogP contribution in [-0.4, -0.2) is 7.33 Å². The molecular weight excluding hydrogens is 202 g/mol. The lowest BCUT2D eigenvalue weighted by molar-refractivity contribution is 0.688. The van der Waals surface area contributed by atoms with Gasteiger partial charge in [-0.05, 0) is 0 Å². The summed E-state index contributed by atoms with van der Waals surface area (Å²) in [6.45, 7) is 3.16. The highest BCUT2D eigenvalue weighted by molar-refractivity contribution is 7.93. The summed E-state index contributed by atoms with van der Waals surface area (Å²) in [5.41, 5.74) is 2.25. The van der Waals surface area contributed by atoms with E-state index in [2.05, 4.69) is 12.3 Å². The highest BCUT2D eigenvalue weighted by atomic mass is 35.6. The standard InChI is InChI=1S/C4H3Cl3OS/c1-2-3-9(8)4(5,6)7/h3H,1H2. The first-order chi connectivity index (χ1) is 3.98. The van der Waals surface area contributed by atoms with Crippen LogP contribution in [0.15, 0.2) is 17.7 Å². The van der Waals surface area contributed by atoms with Crippen molar-refractivity contribution in [2.45, 2.75) is 3.12 Å². The molecule has 1 nitrogen and oxygen atoms in total. The maximum Gasteiger partial charge on any atom is 0.270 e. The Kier molecular flexibility index (Phi) is 3.86. The Bertz CT molecular complexity index is 165. The lowest BCUT2D eigenvalue weighted by Gasteiger charge is -2.03. The van der Waals surface area contributed by atoms with Crippen LogP contribution in [0.25, 0.3) is 0 Å². The van der Waals surface area contributed by atoms with Gasteiger partial charge in [0.05, 0.1) is 0 Å². The highest BCUT2D eigenvalue weighted by Crippen LogP contribution is 2.30. The van der Waals surface area contributed by atoms with Gasteiger partial charge >= 0.3 is 0 Å². The minimum absolute atomic E-state index is 1.09. The smallest absolute Gasteiger partial charge is 0.250 e. The number of rotatable bonds is 1. The highest BCUT2D eigenvalue weighted by Gasteiger charge is 2.26. The van der Waals surface area contributed by atoms with Crippen LogP contribution in [0, 0.1) is 0 Å². The molecule has 0 fully saturated rings. The van der Waals surface area contributed by atoms with Crippen molar-refractivity contribution in [3.63, 3.8) is 0 Å². The second-order valence-corrected chi connectivity index (χ2v) is 5.46. The molecule has 9 heavy (non-hydrogen) atoms. The minimum Gasteiger partial charge on any atom is -0.250 e. The zero-order valence-electron chi connectivity index (χ0n) is 4.23. The largest absolute Gasteiger partial charge is 0.270 e. The molecule has 0 radical (unpaired) electrons. The third kappa shape index (κ3) is 4.01. The Balaban J connectivity index is 4.22. The Morgan fingerprint density at radius 2 is 2.00 bits per heavy atom. The molecule has 1 atom stereocenters. The van der Waals surface area contributed by atoms with Crippen LogP contribution in [0.5, 0.6) is 0 Å². The maximum absolute atomic E-state index is 10.6. The van der Waals surface area contributed by atoms with Gasteiger partial charge in [-0.15, -0.1) is 5.73 Å². The van der Waals surface area contributed by atoms with Crippen LogP contribution in [0.4, 0.5) is 0 Å². The van der Waals surface area contributed by atoms with Gasteiger partial charge in [0.1, 0.15) is 10.8 Å². The normalized spacial score (nSPS) is 14.1. The van der Waals surface area contributed by atoms with Crippen molar-refractivity contribution >= 4 is 45.6 Å². The molecule has 0 rings (SSSR count). The average molecular weight is 205 g/mol. The van der Waals surface area contributed by atoms with Crippen molar-refractivity contribution in [2.75, 3.05) is 0 Å². The molecule has 52 valence electrons. The Morgan fingerprint density at radius 3 is 2.11 bits per heavy atom. The molecule has 0 saturated heterocycles. The molecule has 1 unspecified atom stereocenters. The predicted octanol–water partition coefficient (Wildman–Crippen LogP) is 2.36. The van der Waals surface area contributed by atoms with Crippen molar-refractivity contribution in [1.29, 1.82) is 0 Å². The van der Waals surface area contributed by atoms with Crippen LogP contribution in [0.2, 0.25) is 0 Å². The van der Waals surface area contributed by atoms with E-state index >= 15 is 0 Å². The van der Waals surface area contributed by atoms with Gasteiger partial charge in [0.2, 0.25) is 0 Å². The molecule has 0 saturated carbocycles. The summed E-state index contributed by atoms with van der Waals surface area (Å²) in [6.07, 6.45) is 0. The molecule has 0 aliphatic carbocycles. The van der Waals surface area contributed by atoms with E-state index < -0.39 is 13.9 Å². The first-order valence-electron chi connectivity index (χ1n) is 1.82. The molecule has 0 aromatic rings. The van der Waals surface area contributed by atoms with Gasteiger partial charge in [0.15, 0.2) is 0 Å². The molecule has 0 aromatic carbocycles. The summed E-state index contributed by atoms with van der Waals surface area (Å²) in [6, 6.07) is 0. The van der Waals surface area contributed by atoms with Gasteiger partial charge in [-0.2, -0.15) is 0 Å². The predicted molar refractivity (Wildman–Crippen MR) is 42.1 cm³/mol. The number of hydrogen-bond donors (Lipinski definition) is 0. The van der Waals surface area contributed by atoms with E-state index in [0.29, 0.717) is 0 Å². The van der Waals surface area contributed by atoms with Crippen molar-refractivity contribution in [1.82, 2.24) is 0 Å². The molecular formula is C4H3Cl3OS. The minimum atomic E-state index is -1.76. The first kappa shape index (κ1) is 9.54. The molecule has 0 bridgehead atoms. The van der Waals surface area contributed by atoms with Crippen molar-refractivity contribution in [3.8, 4) is 0 Å². The van der Waals surface area contributed by atoms with Crippen LogP contribution < -0.4 is 0 Å². The molecule has 0 amide bonds. The first-order valence-corrected chi connectivity index (χ1v) is 4.16. The SMILES string of the molecule is C=C=CS(=O)C(Cl)(Cl)Cl. The zero-order chi connectivity index (χ0) is 7.49. The van der Waals surface area contributed by atoms with E-state index in [1.165, 1.54) is 0 Å². The third-order valence-corrected chi connectivity index (χ3v) is 2.62. The van der Waals surface area contributed by atoms with Crippen LogP contribution in [0.1, 0.15) is 0 Å². The van der Waals surface area contributed by atoms with Crippen LogP contribution in [-0.2, 0) is 10.8 Å². The Morgan fingerprint density at radius 1 is 1.56 bits per heavy atom. The molecule has 0 spiro atoms. The number of hydrogen-bond acceptors (Lipinski definition) is 1. The van der Waals surface area contributed by atoms with Gasteiger partial charge in [-0.25, -0.2) is 4.21 Å². The number of halogens is 3. The van der Waals surface area contributed by atoms with Gasteiger partial charge in [-0.3, -0.25) is 0 Å². The van der Waals surface area contributed by atoms with E-state index in [4.69, 9.17) is 34.8 Å². The second kappa shape index (κ2) is 3.65. The lowest BCUT2D eigenvalue weighted by Crippen LogP contribution is -2.07. The quantitative estimate of drug-likeness (QED) is 0.474. The summed E-state index contributed by atoms with van der Waals surface area (Å²) >= 11 is 15.6. The average Bonchev–Trinajstić information content (AvgIpc) is 1.64. The van der Waals surface area contributed by atoms with E-state index in [9.17, 15) is 4.21 Å². The summed E-state index contributed by atoms with van der Waals surface area (Å²) in [5.74, 6) is 0. The number of alkyl halides is 3. The van der Waals surface area contributed by atoms with Crippen molar-refractivity contribution < 1.29 is 4.21 Å². The third-order valence-electron chi connectivity index (χ3n) is 0.418. The fourth-order valence-electron chi connectivity index (χ4n) is 0.143. The van der Waals surface area contributed by atoms with Crippen molar-refractivity contribution in [3.05, 3.63) is 17.7 Å². The lowest BCUT2D eigenvalue weighted by atomic mass is 11.0. The monoisotopic (exact) mass is 204 g/mol. The van der Waals surface area contributed by atoms with Gasteiger partial charge < -0.3 is 0 Å². The summed E-state index contributed by atoms with van der Waals surface area (Å²) in [4.78, 5) is 0. The fraction of sp³-hybridized carbons (Fsp3) is 0.250. The van der Waals surface area contributed by atoms with E-state index in [0.717, 1.165) is 5.41 Å². The molecule has 0 aliphatic rings. The topological polar surface area (TPSA) is 17.1 Å².